The number of oxazole rings is 1. The highest BCUT2D eigenvalue weighted by Gasteiger charge is 2.58. The number of aryl methyl sites for hydroxylation is 2. The molecule has 0 radical (unpaired) electrons. The van der Waals surface area contributed by atoms with Crippen LogP contribution in [0, 0.1) is 25.1 Å². The fourth-order valence-electron chi connectivity index (χ4n) is 4.93. The first-order valence-electron chi connectivity index (χ1n) is 10.9. The van der Waals surface area contributed by atoms with E-state index in [0.717, 1.165) is 60.2 Å². The van der Waals surface area contributed by atoms with Crippen LogP contribution < -0.4 is 0 Å². The number of thioether (sulfide) groups is 1. The summed E-state index contributed by atoms with van der Waals surface area (Å²) in [5.74, 6) is 2.74. The van der Waals surface area contributed by atoms with Crippen LogP contribution in [0.25, 0.3) is 11.6 Å². The summed E-state index contributed by atoms with van der Waals surface area (Å²) in [5.41, 5.74) is 3.03. The summed E-state index contributed by atoms with van der Waals surface area (Å²) in [6, 6.07) is 5.71. The van der Waals surface area contributed by atoms with Crippen LogP contribution in [0.1, 0.15) is 42.0 Å². The average molecular weight is 442 g/mol. The van der Waals surface area contributed by atoms with E-state index >= 15 is 0 Å². The van der Waals surface area contributed by atoms with Crippen molar-refractivity contribution in [2.24, 2.45) is 12.5 Å². The monoisotopic (exact) mass is 441 g/mol. The quantitative estimate of drug-likeness (QED) is 0.395. The molecular formula is C23H28FN5OS. The highest BCUT2D eigenvalue weighted by Crippen LogP contribution is 2.64. The van der Waals surface area contributed by atoms with Crippen molar-refractivity contribution in [3.8, 4) is 11.6 Å². The molecule has 0 N–H and O–H groups in total. The summed E-state index contributed by atoms with van der Waals surface area (Å²) < 4.78 is 21.8. The van der Waals surface area contributed by atoms with E-state index in [1.165, 1.54) is 12.8 Å². The van der Waals surface area contributed by atoms with Gasteiger partial charge in [-0.05, 0) is 74.7 Å². The molecule has 1 aromatic carbocycles. The zero-order chi connectivity index (χ0) is 21.6. The van der Waals surface area contributed by atoms with Crippen LogP contribution in [0.3, 0.4) is 0 Å². The van der Waals surface area contributed by atoms with Gasteiger partial charge in [0.05, 0.1) is 5.69 Å². The number of likely N-dealkylation sites (tertiary alicyclic amines) is 1. The van der Waals surface area contributed by atoms with Gasteiger partial charge >= 0.3 is 0 Å². The normalized spacial score (nSPS) is 23.2. The third-order valence-corrected chi connectivity index (χ3v) is 7.93. The Morgan fingerprint density at radius 3 is 2.94 bits per heavy atom. The summed E-state index contributed by atoms with van der Waals surface area (Å²) in [6.45, 7) is 7.13. The SMILES string of the molecule is Cc1ccc([C@@H]2C[C@@]23CCN(CCCSc2nnc(-c4ocnc4C)n2C)C3)c(F)c1. The Hall–Kier alpha value is -2.19. The standard InChI is InChI=1S/C23H28FN5OS/c1-15-5-6-17(19(24)11-15)18-12-23(18)7-9-29(13-23)8-4-10-31-22-27-26-21(28(22)3)20-16(2)25-14-30-20/h5-6,11,14,18H,4,7-10,12-13H2,1-3H3/t18-,23+/m0/s1. The molecule has 2 aliphatic rings. The van der Waals surface area contributed by atoms with Crippen molar-refractivity contribution in [3.63, 3.8) is 0 Å². The van der Waals surface area contributed by atoms with Gasteiger partial charge in [0.2, 0.25) is 5.82 Å². The van der Waals surface area contributed by atoms with Crippen molar-refractivity contribution in [1.82, 2.24) is 24.6 Å². The third kappa shape index (κ3) is 3.91. The molecule has 1 spiro atoms. The largest absolute Gasteiger partial charge is 0.440 e. The van der Waals surface area contributed by atoms with E-state index in [0.29, 0.717) is 22.9 Å². The maximum atomic E-state index is 14.4. The predicted molar refractivity (Wildman–Crippen MR) is 119 cm³/mol. The number of halogens is 1. The Kier molecular flexibility index (Phi) is 5.38. The Balaban J connectivity index is 1.11. The number of hydrogen-bond donors (Lipinski definition) is 0. The zero-order valence-electron chi connectivity index (χ0n) is 18.3. The van der Waals surface area contributed by atoms with E-state index in [-0.39, 0.29) is 5.82 Å². The van der Waals surface area contributed by atoms with E-state index in [9.17, 15) is 4.39 Å². The molecule has 31 heavy (non-hydrogen) atoms. The molecule has 0 bridgehead atoms. The van der Waals surface area contributed by atoms with Crippen molar-refractivity contribution in [2.45, 2.75) is 44.2 Å². The predicted octanol–water partition coefficient (Wildman–Crippen LogP) is 4.59. The number of benzene rings is 1. The lowest BCUT2D eigenvalue weighted by Gasteiger charge is -2.16. The fraction of sp³-hybridized carbons (Fsp3) is 0.522. The lowest BCUT2D eigenvalue weighted by atomic mass is 9.97. The third-order valence-electron chi connectivity index (χ3n) is 6.82. The van der Waals surface area contributed by atoms with Crippen molar-refractivity contribution >= 4 is 11.8 Å². The number of hydrogen-bond acceptors (Lipinski definition) is 6. The average Bonchev–Trinajstić information content (AvgIpc) is 3.04. The topological polar surface area (TPSA) is 60.0 Å². The molecule has 2 aromatic heterocycles. The maximum Gasteiger partial charge on any atom is 0.202 e. The van der Waals surface area contributed by atoms with Gasteiger partial charge in [-0.2, -0.15) is 0 Å². The van der Waals surface area contributed by atoms with Crippen LogP contribution in [0.5, 0.6) is 0 Å². The second kappa shape index (κ2) is 8.06. The lowest BCUT2D eigenvalue weighted by molar-refractivity contribution is 0.319. The summed E-state index contributed by atoms with van der Waals surface area (Å²) in [7, 11) is 1.96. The van der Waals surface area contributed by atoms with E-state index in [1.807, 2.05) is 37.6 Å². The molecule has 0 amide bonds. The van der Waals surface area contributed by atoms with Gasteiger partial charge in [0.1, 0.15) is 5.82 Å². The Bertz CT molecular complexity index is 1100. The molecule has 1 saturated carbocycles. The van der Waals surface area contributed by atoms with Crippen LogP contribution in [0.4, 0.5) is 4.39 Å². The molecule has 164 valence electrons. The molecule has 1 saturated heterocycles. The summed E-state index contributed by atoms with van der Waals surface area (Å²) >= 11 is 1.72. The molecule has 2 fully saturated rings. The second-order valence-electron chi connectivity index (χ2n) is 9.00. The fourth-order valence-corrected chi connectivity index (χ4v) is 5.77. The highest BCUT2D eigenvalue weighted by molar-refractivity contribution is 7.99. The Morgan fingerprint density at radius 2 is 2.16 bits per heavy atom. The minimum absolute atomic E-state index is 0.0275. The summed E-state index contributed by atoms with van der Waals surface area (Å²) in [5, 5.41) is 9.47. The smallest absolute Gasteiger partial charge is 0.202 e. The highest BCUT2D eigenvalue weighted by atomic mass is 32.2. The van der Waals surface area contributed by atoms with Crippen molar-refractivity contribution in [3.05, 3.63) is 47.2 Å². The van der Waals surface area contributed by atoms with E-state index in [1.54, 1.807) is 17.8 Å². The van der Waals surface area contributed by atoms with Crippen LogP contribution in [0.15, 0.2) is 34.2 Å². The minimum atomic E-state index is -0.0275. The van der Waals surface area contributed by atoms with E-state index in [4.69, 9.17) is 4.42 Å². The first kappa shape index (κ1) is 20.7. The van der Waals surface area contributed by atoms with E-state index < -0.39 is 0 Å². The van der Waals surface area contributed by atoms with Gasteiger partial charge in [-0.15, -0.1) is 10.2 Å². The summed E-state index contributed by atoms with van der Waals surface area (Å²) in [4.78, 5) is 6.68. The molecule has 5 rings (SSSR count). The molecule has 2 atom stereocenters. The Morgan fingerprint density at radius 1 is 1.29 bits per heavy atom. The van der Waals surface area contributed by atoms with Gasteiger partial charge in [-0.1, -0.05) is 23.9 Å². The van der Waals surface area contributed by atoms with Crippen molar-refractivity contribution in [1.29, 1.82) is 0 Å². The second-order valence-corrected chi connectivity index (χ2v) is 10.1. The van der Waals surface area contributed by atoms with Crippen molar-refractivity contribution < 1.29 is 8.81 Å². The molecular weight excluding hydrogens is 413 g/mol. The van der Waals surface area contributed by atoms with E-state index in [2.05, 4.69) is 20.1 Å². The zero-order valence-corrected chi connectivity index (χ0v) is 19.1. The molecule has 6 nitrogen and oxygen atoms in total. The lowest BCUT2D eigenvalue weighted by Crippen LogP contribution is -2.23. The molecule has 3 heterocycles. The molecule has 1 aliphatic carbocycles. The van der Waals surface area contributed by atoms with Crippen molar-refractivity contribution in [2.75, 3.05) is 25.4 Å². The van der Waals surface area contributed by atoms with Gasteiger partial charge in [0.15, 0.2) is 17.3 Å². The number of rotatable bonds is 7. The van der Waals surface area contributed by atoms with Gasteiger partial charge < -0.3 is 13.9 Å². The van der Waals surface area contributed by atoms with Gasteiger partial charge in [-0.3, -0.25) is 0 Å². The van der Waals surface area contributed by atoms with Crippen LogP contribution >= 0.6 is 11.8 Å². The van der Waals surface area contributed by atoms with Gasteiger partial charge in [0.25, 0.3) is 0 Å². The molecule has 3 aromatic rings. The minimum Gasteiger partial charge on any atom is -0.440 e. The maximum absolute atomic E-state index is 14.4. The van der Waals surface area contributed by atoms with Crippen LogP contribution in [-0.4, -0.2) is 50.0 Å². The number of aromatic nitrogens is 4. The van der Waals surface area contributed by atoms with Gasteiger partial charge in [0, 0.05) is 19.3 Å². The Labute approximate surface area is 186 Å². The first-order chi connectivity index (χ1) is 15.0. The first-order valence-corrected chi connectivity index (χ1v) is 11.9. The number of nitrogens with zero attached hydrogens (tertiary/aromatic N) is 5. The van der Waals surface area contributed by atoms with Crippen LogP contribution in [0.2, 0.25) is 0 Å². The molecule has 8 heteroatoms. The van der Waals surface area contributed by atoms with Gasteiger partial charge in [-0.25, -0.2) is 9.37 Å². The van der Waals surface area contributed by atoms with Crippen LogP contribution in [-0.2, 0) is 7.05 Å². The molecule has 1 aliphatic heterocycles. The molecule has 0 unspecified atom stereocenters. The summed E-state index contributed by atoms with van der Waals surface area (Å²) in [6.07, 6.45) is 4.84.